The van der Waals surface area contributed by atoms with E-state index < -0.39 is 5.97 Å². The number of carbonyl (C=O) groups excluding carboxylic acids is 1. The van der Waals surface area contributed by atoms with E-state index in [1.54, 1.807) is 24.3 Å². The van der Waals surface area contributed by atoms with Crippen molar-refractivity contribution in [2.45, 2.75) is 6.92 Å². The molecule has 0 heterocycles. The number of rotatable bonds is 4. The van der Waals surface area contributed by atoms with E-state index in [-0.39, 0.29) is 11.5 Å². The SMILES string of the molecule is CC(=O)Nc1cc(C(=O)O)ccc1Nc1cccc(Cl)c1. The fraction of sp³-hybridized carbons (Fsp3) is 0.0667. The van der Waals surface area contributed by atoms with Crippen LogP contribution in [0.1, 0.15) is 17.3 Å². The third-order valence-electron chi connectivity index (χ3n) is 2.68. The van der Waals surface area contributed by atoms with E-state index in [9.17, 15) is 9.59 Å². The molecule has 0 atom stereocenters. The van der Waals surface area contributed by atoms with Gasteiger partial charge in [-0.3, -0.25) is 4.79 Å². The molecule has 0 fully saturated rings. The zero-order valence-electron chi connectivity index (χ0n) is 11.2. The second-order valence-corrected chi connectivity index (χ2v) is 4.82. The third-order valence-corrected chi connectivity index (χ3v) is 2.92. The fourth-order valence-electron chi connectivity index (χ4n) is 1.80. The Kier molecular flexibility index (Phi) is 4.45. The maximum Gasteiger partial charge on any atom is 0.335 e. The van der Waals surface area contributed by atoms with E-state index >= 15 is 0 Å². The quantitative estimate of drug-likeness (QED) is 0.804. The van der Waals surface area contributed by atoms with Gasteiger partial charge in [-0.15, -0.1) is 0 Å². The summed E-state index contributed by atoms with van der Waals surface area (Å²) in [6, 6.07) is 11.5. The minimum atomic E-state index is -1.06. The van der Waals surface area contributed by atoms with E-state index in [0.29, 0.717) is 16.4 Å². The smallest absolute Gasteiger partial charge is 0.335 e. The van der Waals surface area contributed by atoms with Crippen molar-refractivity contribution in [1.82, 2.24) is 0 Å². The van der Waals surface area contributed by atoms with Gasteiger partial charge >= 0.3 is 5.97 Å². The number of nitrogens with one attached hydrogen (secondary N) is 2. The number of halogens is 1. The topological polar surface area (TPSA) is 78.4 Å². The summed E-state index contributed by atoms with van der Waals surface area (Å²) in [6.07, 6.45) is 0. The van der Waals surface area contributed by atoms with Crippen LogP contribution in [0.15, 0.2) is 42.5 Å². The predicted octanol–water partition coefficient (Wildman–Crippen LogP) is 3.74. The highest BCUT2D eigenvalue weighted by molar-refractivity contribution is 6.30. The summed E-state index contributed by atoms with van der Waals surface area (Å²) < 4.78 is 0. The second kappa shape index (κ2) is 6.28. The molecule has 0 radical (unpaired) electrons. The highest BCUT2D eigenvalue weighted by atomic mass is 35.5. The van der Waals surface area contributed by atoms with Gasteiger partial charge < -0.3 is 15.7 Å². The number of anilines is 3. The van der Waals surface area contributed by atoms with Gasteiger partial charge in [0.2, 0.25) is 5.91 Å². The first kappa shape index (κ1) is 14.9. The summed E-state index contributed by atoms with van der Waals surface area (Å²) in [7, 11) is 0. The summed E-state index contributed by atoms with van der Waals surface area (Å²) in [4.78, 5) is 22.2. The third kappa shape index (κ3) is 3.97. The van der Waals surface area contributed by atoms with Crippen molar-refractivity contribution >= 4 is 40.5 Å². The Labute approximate surface area is 126 Å². The summed E-state index contributed by atoms with van der Waals surface area (Å²) in [6.45, 7) is 1.36. The molecule has 0 aliphatic rings. The second-order valence-electron chi connectivity index (χ2n) is 4.38. The van der Waals surface area contributed by atoms with Gasteiger partial charge in [0, 0.05) is 17.6 Å². The molecule has 0 spiro atoms. The van der Waals surface area contributed by atoms with Crippen molar-refractivity contribution in [3.63, 3.8) is 0 Å². The van der Waals surface area contributed by atoms with Crippen LogP contribution < -0.4 is 10.6 Å². The first-order valence-corrected chi connectivity index (χ1v) is 6.51. The Morgan fingerprint density at radius 1 is 1.10 bits per heavy atom. The Morgan fingerprint density at radius 3 is 2.48 bits per heavy atom. The van der Waals surface area contributed by atoms with Crippen molar-refractivity contribution in [2.75, 3.05) is 10.6 Å². The van der Waals surface area contributed by atoms with Crippen LogP contribution in [0.3, 0.4) is 0 Å². The number of hydrogen-bond acceptors (Lipinski definition) is 3. The predicted molar refractivity (Wildman–Crippen MR) is 82.4 cm³/mol. The Balaban J connectivity index is 2.37. The van der Waals surface area contributed by atoms with Crippen molar-refractivity contribution in [1.29, 1.82) is 0 Å². The summed E-state index contributed by atoms with van der Waals surface area (Å²) >= 11 is 5.91. The molecular formula is C15H13ClN2O3. The molecule has 2 aromatic rings. The number of carboxylic acids is 1. The average Bonchev–Trinajstić information content (AvgIpc) is 2.40. The Hall–Kier alpha value is -2.53. The maximum atomic E-state index is 11.2. The molecule has 3 N–H and O–H groups in total. The van der Waals surface area contributed by atoms with E-state index in [2.05, 4.69) is 10.6 Å². The van der Waals surface area contributed by atoms with Crippen LogP contribution in [0.2, 0.25) is 5.02 Å². The molecule has 108 valence electrons. The van der Waals surface area contributed by atoms with Gasteiger partial charge in [0.1, 0.15) is 0 Å². The minimum Gasteiger partial charge on any atom is -0.478 e. The lowest BCUT2D eigenvalue weighted by atomic mass is 10.1. The van der Waals surface area contributed by atoms with Crippen LogP contribution in [-0.4, -0.2) is 17.0 Å². The van der Waals surface area contributed by atoms with Crippen LogP contribution in [0.5, 0.6) is 0 Å². The molecule has 0 bridgehead atoms. The summed E-state index contributed by atoms with van der Waals surface area (Å²) in [5.41, 5.74) is 1.80. The first-order valence-electron chi connectivity index (χ1n) is 6.13. The monoisotopic (exact) mass is 304 g/mol. The van der Waals surface area contributed by atoms with Gasteiger partial charge in [0.15, 0.2) is 0 Å². The lowest BCUT2D eigenvalue weighted by Crippen LogP contribution is -2.09. The normalized spacial score (nSPS) is 10.0. The molecule has 0 unspecified atom stereocenters. The highest BCUT2D eigenvalue weighted by Crippen LogP contribution is 2.28. The van der Waals surface area contributed by atoms with Gasteiger partial charge in [-0.2, -0.15) is 0 Å². The van der Waals surface area contributed by atoms with Gasteiger partial charge in [0.05, 0.1) is 16.9 Å². The zero-order valence-corrected chi connectivity index (χ0v) is 11.9. The van der Waals surface area contributed by atoms with Crippen LogP contribution in [0, 0.1) is 0 Å². The van der Waals surface area contributed by atoms with Crippen molar-refractivity contribution in [3.05, 3.63) is 53.1 Å². The number of amides is 1. The summed E-state index contributed by atoms with van der Waals surface area (Å²) in [5.74, 6) is -1.34. The first-order chi connectivity index (χ1) is 9.95. The molecule has 21 heavy (non-hydrogen) atoms. The van der Waals surface area contributed by atoms with Crippen molar-refractivity contribution in [3.8, 4) is 0 Å². The molecule has 6 heteroatoms. The highest BCUT2D eigenvalue weighted by Gasteiger charge is 2.10. The molecular weight excluding hydrogens is 292 g/mol. The molecule has 5 nitrogen and oxygen atoms in total. The number of carbonyl (C=O) groups is 2. The van der Waals surface area contributed by atoms with Gasteiger partial charge in [0.25, 0.3) is 0 Å². The number of hydrogen-bond donors (Lipinski definition) is 3. The maximum absolute atomic E-state index is 11.2. The molecule has 0 aliphatic carbocycles. The van der Waals surface area contributed by atoms with E-state index in [4.69, 9.17) is 16.7 Å². The minimum absolute atomic E-state index is 0.0930. The van der Waals surface area contributed by atoms with Crippen molar-refractivity contribution < 1.29 is 14.7 Å². The molecule has 1 amide bonds. The lowest BCUT2D eigenvalue weighted by Gasteiger charge is -2.13. The van der Waals surface area contributed by atoms with Gasteiger partial charge in [-0.25, -0.2) is 4.79 Å². The van der Waals surface area contributed by atoms with Gasteiger partial charge in [-0.1, -0.05) is 17.7 Å². The Bertz CT molecular complexity index is 701. The van der Waals surface area contributed by atoms with E-state index in [0.717, 1.165) is 5.69 Å². The van der Waals surface area contributed by atoms with Crippen LogP contribution in [-0.2, 0) is 4.79 Å². The molecule has 0 saturated heterocycles. The zero-order chi connectivity index (χ0) is 15.4. The van der Waals surface area contributed by atoms with Crippen LogP contribution in [0.4, 0.5) is 17.1 Å². The van der Waals surface area contributed by atoms with Crippen molar-refractivity contribution in [2.24, 2.45) is 0 Å². The molecule has 2 aromatic carbocycles. The number of carboxylic acid groups (broad SMARTS) is 1. The molecule has 0 saturated carbocycles. The molecule has 0 aliphatic heterocycles. The fourth-order valence-corrected chi connectivity index (χ4v) is 1.99. The lowest BCUT2D eigenvalue weighted by molar-refractivity contribution is -0.114. The standard InChI is InChI=1S/C15H13ClN2O3/c1-9(19)17-14-7-10(15(20)21)5-6-13(14)18-12-4-2-3-11(16)8-12/h2-8,18H,1H3,(H,17,19)(H,20,21). The molecule has 2 rings (SSSR count). The van der Waals surface area contributed by atoms with Gasteiger partial charge in [-0.05, 0) is 36.4 Å². The van der Waals surface area contributed by atoms with Crippen LogP contribution >= 0.6 is 11.6 Å². The number of aromatic carboxylic acids is 1. The van der Waals surface area contributed by atoms with E-state index in [1.807, 2.05) is 6.07 Å². The molecule has 0 aromatic heterocycles. The van der Waals surface area contributed by atoms with E-state index in [1.165, 1.54) is 19.1 Å². The summed E-state index contributed by atoms with van der Waals surface area (Å²) in [5, 5.41) is 15.3. The largest absolute Gasteiger partial charge is 0.478 e. The average molecular weight is 305 g/mol. The Morgan fingerprint density at radius 2 is 1.86 bits per heavy atom. The van der Waals surface area contributed by atoms with Crippen LogP contribution in [0.25, 0.3) is 0 Å². The number of benzene rings is 2.